The number of benzene rings is 1. The first-order valence-electron chi connectivity index (χ1n) is 8.02. The fraction of sp³-hybridized carbons (Fsp3) is 0.167. The van der Waals surface area contributed by atoms with Gasteiger partial charge < -0.3 is 15.4 Å². The number of nitrogens with zero attached hydrogens (tertiary/aromatic N) is 3. The highest BCUT2D eigenvalue weighted by Crippen LogP contribution is 2.27. The average Bonchev–Trinajstić information content (AvgIpc) is 3.27. The molecule has 0 bridgehead atoms. The fourth-order valence-corrected chi connectivity index (χ4v) is 2.77. The van der Waals surface area contributed by atoms with E-state index in [1.165, 1.54) is 5.56 Å². The third kappa shape index (κ3) is 3.45. The topological polar surface area (TPSA) is 81.1 Å². The molecule has 3 heterocycles. The molecule has 2 aromatic heterocycles. The van der Waals surface area contributed by atoms with Crippen LogP contribution >= 0.6 is 0 Å². The van der Waals surface area contributed by atoms with Gasteiger partial charge in [-0.3, -0.25) is 4.98 Å². The molecule has 4 rings (SSSR count). The molecular weight excluding hydrogens is 318 g/mol. The lowest BCUT2D eigenvalue weighted by atomic mass is 10.1. The van der Waals surface area contributed by atoms with Crippen LogP contribution in [0.5, 0.6) is 5.75 Å². The second-order valence-electron chi connectivity index (χ2n) is 5.77. The number of urea groups is 1. The van der Waals surface area contributed by atoms with Gasteiger partial charge in [-0.05, 0) is 23.8 Å². The monoisotopic (exact) mass is 335 g/mol. The Bertz CT molecular complexity index is 853. The van der Waals surface area contributed by atoms with Gasteiger partial charge in [0.05, 0.1) is 30.3 Å². The van der Waals surface area contributed by atoms with Crippen LogP contribution in [0.25, 0.3) is 5.69 Å². The zero-order valence-electron chi connectivity index (χ0n) is 13.4. The number of fused-ring (bicyclic) bond motifs is 1. The number of carbonyl (C=O) groups excluding carboxylic acids is 1. The number of carbonyl (C=O) groups is 1. The second-order valence-corrected chi connectivity index (χ2v) is 5.77. The first kappa shape index (κ1) is 15.2. The van der Waals surface area contributed by atoms with E-state index < -0.39 is 0 Å². The van der Waals surface area contributed by atoms with E-state index in [9.17, 15) is 4.79 Å². The van der Waals surface area contributed by atoms with Gasteiger partial charge in [-0.15, -0.1) is 0 Å². The maximum absolute atomic E-state index is 12.1. The van der Waals surface area contributed by atoms with Crippen LogP contribution in [0.15, 0.2) is 61.2 Å². The maximum atomic E-state index is 12.1. The number of hydrogen-bond donors (Lipinski definition) is 2. The summed E-state index contributed by atoms with van der Waals surface area (Å²) in [6.07, 6.45) is 7.49. The molecule has 3 aromatic rings. The quantitative estimate of drug-likeness (QED) is 0.767. The summed E-state index contributed by atoms with van der Waals surface area (Å²) in [5.74, 6) is 0.897. The van der Waals surface area contributed by atoms with E-state index in [-0.39, 0.29) is 12.1 Å². The van der Waals surface area contributed by atoms with Crippen molar-refractivity contribution in [1.29, 1.82) is 0 Å². The third-order valence-electron chi connectivity index (χ3n) is 3.97. The Morgan fingerprint density at radius 3 is 2.92 bits per heavy atom. The van der Waals surface area contributed by atoms with Gasteiger partial charge in [0, 0.05) is 18.8 Å². The predicted octanol–water partition coefficient (Wildman–Crippen LogP) is 2.39. The molecule has 25 heavy (non-hydrogen) atoms. The van der Waals surface area contributed by atoms with Crippen molar-refractivity contribution in [1.82, 2.24) is 20.1 Å². The number of nitrogens with one attached hydrogen (secondary N) is 2. The highest BCUT2D eigenvalue weighted by Gasteiger charge is 2.22. The van der Waals surface area contributed by atoms with Gasteiger partial charge in [-0.1, -0.05) is 18.2 Å². The van der Waals surface area contributed by atoms with Crippen molar-refractivity contribution in [2.75, 3.05) is 11.9 Å². The number of pyridine rings is 1. The molecule has 2 amide bonds. The molecule has 0 fully saturated rings. The van der Waals surface area contributed by atoms with Crippen molar-refractivity contribution >= 4 is 11.7 Å². The summed E-state index contributed by atoms with van der Waals surface area (Å²) in [5, 5.41) is 9.83. The lowest BCUT2D eigenvalue weighted by molar-refractivity contribution is 0.219. The summed E-state index contributed by atoms with van der Waals surface area (Å²) in [6.45, 7) is 0.443. The molecule has 0 unspecified atom stereocenters. The summed E-state index contributed by atoms with van der Waals surface area (Å²) in [4.78, 5) is 16.0. The lowest BCUT2D eigenvalue weighted by Gasteiger charge is -2.12. The number of ether oxygens (including phenoxy) is 1. The van der Waals surface area contributed by atoms with Crippen LogP contribution in [-0.2, 0) is 6.42 Å². The molecule has 1 atom stereocenters. The Morgan fingerprint density at radius 2 is 2.08 bits per heavy atom. The minimum atomic E-state index is -0.283. The number of aromatic nitrogens is 3. The van der Waals surface area contributed by atoms with Gasteiger partial charge in [0.15, 0.2) is 0 Å². The zero-order chi connectivity index (χ0) is 17.1. The minimum absolute atomic E-state index is 0.0392. The molecule has 0 aliphatic carbocycles. The van der Waals surface area contributed by atoms with Gasteiger partial charge in [0.25, 0.3) is 0 Å². The van der Waals surface area contributed by atoms with E-state index in [1.54, 1.807) is 29.5 Å². The number of para-hydroxylation sites is 1. The predicted molar refractivity (Wildman–Crippen MR) is 92.9 cm³/mol. The molecule has 126 valence electrons. The van der Waals surface area contributed by atoms with E-state index in [0.717, 1.165) is 17.9 Å². The van der Waals surface area contributed by atoms with Crippen molar-refractivity contribution in [3.05, 3.63) is 66.7 Å². The Hall–Kier alpha value is -3.35. The number of rotatable bonds is 4. The molecule has 0 saturated carbocycles. The number of anilines is 1. The molecule has 1 aliphatic rings. The highest BCUT2D eigenvalue weighted by atomic mass is 16.5. The lowest BCUT2D eigenvalue weighted by Crippen LogP contribution is -2.37. The van der Waals surface area contributed by atoms with E-state index in [2.05, 4.69) is 20.7 Å². The summed E-state index contributed by atoms with van der Waals surface area (Å²) in [5.41, 5.74) is 2.67. The molecule has 2 N–H and O–H groups in total. The summed E-state index contributed by atoms with van der Waals surface area (Å²) >= 11 is 0. The Labute approximate surface area is 144 Å². The number of hydrogen-bond acceptors (Lipinski definition) is 4. The van der Waals surface area contributed by atoms with Crippen molar-refractivity contribution in [3.8, 4) is 11.4 Å². The van der Waals surface area contributed by atoms with E-state index in [0.29, 0.717) is 12.2 Å². The van der Waals surface area contributed by atoms with Crippen molar-refractivity contribution in [2.24, 2.45) is 0 Å². The standard InChI is InChI=1S/C18H17N5O2/c24-18(20-11-16-9-13-3-1-2-4-17(13)25-16)22-14-10-21-23(12-14)15-5-7-19-8-6-15/h1-8,10,12,16H,9,11H2,(H2,20,22,24)/t16-/m0/s1. The Morgan fingerprint density at radius 1 is 1.24 bits per heavy atom. The van der Waals surface area contributed by atoms with E-state index in [4.69, 9.17) is 4.74 Å². The van der Waals surface area contributed by atoms with Crippen LogP contribution in [0.1, 0.15) is 5.56 Å². The third-order valence-corrected chi connectivity index (χ3v) is 3.97. The van der Waals surface area contributed by atoms with Crippen LogP contribution in [0.4, 0.5) is 10.5 Å². The van der Waals surface area contributed by atoms with Crippen LogP contribution in [-0.4, -0.2) is 33.4 Å². The molecule has 7 heteroatoms. The minimum Gasteiger partial charge on any atom is -0.488 e. The first-order chi connectivity index (χ1) is 12.3. The second kappa shape index (κ2) is 6.64. The maximum Gasteiger partial charge on any atom is 0.319 e. The van der Waals surface area contributed by atoms with Gasteiger partial charge in [-0.25, -0.2) is 9.48 Å². The summed E-state index contributed by atoms with van der Waals surface area (Å²) in [7, 11) is 0. The Kier molecular flexibility index (Phi) is 4.04. The van der Waals surface area contributed by atoms with Crippen LogP contribution in [0.2, 0.25) is 0 Å². The molecule has 0 radical (unpaired) electrons. The molecule has 7 nitrogen and oxygen atoms in total. The highest BCUT2D eigenvalue weighted by molar-refractivity contribution is 5.88. The summed E-state index contributed by atoms with van der Waals surface area (Å²) < 4.78 is 7.48. The molecular formula is C18H17N5O2. The average molecular weight is 335 g/mol. The van der Waals surface area contributed by atoms with Crippen molar-refractivity contribution < 1.29 is 9.53 Å². The largest absolute Gasteiger partial charge is 0.488 e. The SMILES string of the molecule is O=C(NC[C@@H]1Cc2ccccc2O1)Nc1cnn(-c2ccncc2)c1. The first-order valence-corrected chi connectivity index (χ1v) is 8.02. The van der Waals surface area contributed by atoms with Crippen LogP contribution in [0, 0.1) is 0 Å². The Balaban J connectivity index is 1.29. The zero-order valence-corrected chi connectivity index (χ0v) is 13.4. The molecule has 1 aliphatic heterocycles. The van der Waals surface area contributed by atoms with E-state index >= 15 is 0 Å². The van der Waals surface area contributed by atoms with Crippen molar-refractivity contribution in [2.45, 2.75) is 12.5 Å². The molecule has 0 saturated heterocycles. The molecule has 1 aromatic carbocycles. The van der Waals surface area contributed by atoms with Gasteiger partial charge in [0.1, 0.15) is 11.9 Å². The van der Waals surface area contributed by atoms with Gasteiger partial charge in [-0.2, -0.15) is 5.10 Å². The summed E-state index contributed by atoms with van der Waals surface area (Å²) in [6, 6.07) is 11.3. The number of amides is 2. The normalized spacial score (nSPS) is 15.3. The van der Waals surface area contributed by atoms with Gasteiger partial charge >= 0.3 is 6.03 Å². The van der Waals surface area contributed by atoms with Gasteiger partial charge in [0.2, 0.25) is 0 Å². The van der Waals surface area contributed by atoms with Crippen LogP contribution in [0.3, 0.4) is 0 Å². The van der Waals surface area contributed by atoms with E-state index in [1.807, 2.05) is 36.4 Å². The fourth-order valence-electron chi connectivity index (χ4n) is 2.77. The van der Waals surface area contributed by atoms with Crippen LogP contribution < -0.4 is 15.4 Å². The smallest absolute Gasteiger partial charge is 0.319 e. The molecule has 0 spiro atoms. The van der Waals surface area contributed by atoms with Crippen molar-refractivity contribution in [3.63, 3.8) is 0 Å².